The second kappa shape index (κ2) is 6.29. The maximum absolute atomic E-state index is 12.0. The quantitative estimate of drug-likeness (QED) is 0.853. The topological polar surface area (TPSA) is 65.8 Å². The van der Waals surface area contributed by atoms with Gasteiger partial charge in [0.25, 0.3) is 5.91 Å². The highest BCUT2D eigenvalue weighted by Gasteiger charge is 2.09. The molecule has 0 radical (unpaired) electrons. The molecule has 0 unspecified atom stereocenters. The number of carbonyl (C=O) groups is 1. The average Bonchev–Trinajstić information content (AvgIpc) is 2.43. The largest absolute Gasteiger partial charge is 0.322 e. The summed E-state index contributed by atoms with van der Waals surface area (Å²) in [5.74, 6) is -0.206. The van der Waals surface area contributed by atoms with Crippen molar-refractivity contribution in [2.24, 2.45) is 0 Å². The Morgan fingerprint density at radius 2 is 2.05 bits per heavy atom. The molecule has 1 heterocycles. The summed E-state index contributed by atoms with van der Waals surface area (Å²) in [7, 11) is 0. The first-order valence-electron chi connectivity index (χ1n) is 5.57. The molecular weight excluding hydrogens is 353 g/mol. The van der Waals surface area contributed by atoms with Gasteiger partial charge in [-0.1, -0.05) is 0 Å². The van der Waals surface area contributed by atoms with Crippen LogP contribution in [0.1, 0.15) is 15.9 Å². The van der Waals surface area contributed by atoms with Crippen LogP contribution in [0.3, 0.4) is 0 Å². The Hall–Kier alpha value is -1.94. The second-order valence-corrected chi connectivity index (χ2v) is 5.07. The Kier molecular flexibility index (Phi) is 4.47. The highest BCUT2D eigenvalue weighted by atomic mass is 127. The lowest BCUT2D eigenvalue weighted by Crippen LogP contribution is -2.13. The zero-order chi connectivity index (χ0) is 13.7. The number of amides is 1. The van der Waals surface area contributed by atoms with Gasteiger partial charge in [0.15, 0.2) is 0 Å². The van der Waals surface area contributed by atoms with E-state index >= 15 is 0 Å². The average molecular weight is 363 g/mol. The molecule has 0 aliphatic heterocycles. The van der Waals surface area contributed by atoms with E-state index in [0.717, 1.165) is 9.13 Å². The number of benzene rings is 1. The fourth-order valence-electron chi connectivity index (χ4n) is 1.61. The summed E-state index contributed by atoms with van der Waals surface area (Å²) in [5.41, 5.74) is 2.03. The second-order valence-electron chi connectivity index (χ2n) is 3.83. The number of nitrogens with zero attached hydrogens (tertiary/aromatic N) is 2. The van der Waals surface area contributed by atoms with Crippen molar-refractivity contribution >= 4 is 34.2 Å². The minimum Gasteiger partial charge on any atom is -0.322 e. The molecule has 0 fully saturated rings. The Balaban J connectivity index is 2.24. The lowest BCUT2D eigenvalue weighted by Gasteiger charge is -2.09. The molecule has 2 rings (SSSR count). The van der Waals surface area contributed by atoms with E-state index in [1.54, 1.807) is 24.5 Å². The maximum Gasteiger partial charge on any atom is 0.255 e. The molecule has 1 N–H and O–H groups in total. The first kappa shape index (κ1) is 13.5. The predicted octanol–water partition coefficient (Wildman–Crippen LogP) is 3.00. The molecule has 0 saturated carbocycles. The predicted molar refractivity (Wildman–Crippen MR) is 80.7 cm³/mol. The monoisotopic (exact) mass is 363 g/mol. The molecule has 2 aromatic rings. The van der Waals surface area contributed by atoms with Crippen molar-refractivity contribution in [2.45, 2.75) is 6.42 Å². The van der Waals surface area contributed by atoms with E-state index in [2.05, 4.69) is 39.0 Å². The van der Waals surface area contributed by atoms with Crippen LogP contribution in [0.15, 0.2) is 42.7 Å². The number of hydrogen-bond acceptors (Lipinski definition) is 3. The van der Waals surface area contributed by atoms with Crippen molar-refractivity contribution in [1.29, 1.82) is 5.26 Å². The summed E-state index contributed by atoms with van der Waals surface area (Å²) in [6.45, 7) is 0. The van der Waals surface area contributed by atoms with E-state index in [0.29, 0.717) is 11.3 Å². The Labute approximate surface area is 124 Å². The minimum atomic E-state index is -0.206. The number of nitriles is 1. The van der Waals surface area contributed by atoms with E-state index in [-0.39, 0.29) is 12.3 Å². The van der Waals surface area contributed by atoms with Crippen molar-refractivity contribution < 1.29 is 4.79 Å². The Morgan fingerprint density at radius 1 is 1.32 bits per heavy atom. The van der Waals surface area contributed by atoms with Crippen LogP contribution in [0.25, 0.3) is 0 Å². The number of nitrogens with one attached hydrogen (secondary N) is 1. The van der Waals surface area contributed by atoms with Gasteiger partial charge in [-0.05, 0) is 58.5 Å². The van der Waals surface area contributed by atoms with Crippen molar-refractivity contribution in [1.82, 2.24) is 4.98 Å². The van der Waals surface area contributed by atoms with Gasteiger partial charge in [0.05, 0.1) is 12.5 Å². The first-order chi connectivity index (χ1) is 9.20. The third-order valence-corrected chi connectivity index (χ3v) is 3.20. The van der Waals surface area contributed by atoms with Crippen LogP contribution >= 0.6 is 22.6 Å². The molecule has 1 aromatic heterocycles. The molecule has 0 saturated heterocycles. The molecule has 0 spiro atoms. The Morgan fingerprint density at radius 3 is 2.74 bits per heavy atom. The van der Waals surface area contributed by atoms with E-state index in [9.17, 15) is 4.79 Å². The lowest BCUT2D eigenvalue weighted by atomic mass is 10.1. The van der Waals surface area contributed by atoms with Gasteiger partial charge < -0.3 is 5.32 Å². The smallest absolute Gasteiger partial charge is 0.255 e. The molecule has 0 atom stereocenters. The molecule has 0 aliphatic rings. The van der Waals surface area contributed by atoms with E-state index in [4.69, 9.17) is 5.26 Å². The SMILES string of the molecule is N#CCc1cc(I)ccc1NC(=O)c1ccncc1. The van der Waals surface area contributed by atoms with Crippen LogP contribution in [0.5, 0.6) is 0 Å². The highest BCUT2D eigenvalue weighted by Crippen LogP contribution is 2.20. The van der Waals surface area contributed by atoms with Crippen LogP contribution < -0.4 is 5.32 Å². The number of pyridine rings is 1. The van der Waals surface area contributed by atoms with Crippen LogP contribution in [0, 0.1) is 14.9 Å². The number of aromatic nitrogens is 1. The molecule has 0 aliphatic carbocycles. The van der Waals surface area contributed by atoms with Gasteiger partial charge in [-0.25, -0.2) is 0 Å². The van der Waals surface area contributed by atoms with Crippen LogP contribution in [0.2, 0.25) is 0 Å². The molecule has 94 valence electrons. The summed E-state index contributed by atoms with van der Waals surface area (Å²) in [5, 5.41) is 11.6. The van der Waals surface area contributed by atoms with Crippen molar-refractivity contribution in [3.63, 3.8) is 0 Å². The van der Waals surface area contributed by atoms with Gasteiger partial charge in [-0.15, -0.1) is 0 Å². The molecule has 0 bridgehead atoms. The lowest BCUT2D eigenvalue weighted by molar-refractivity contribution is 0.102. The van der Waals surface area contributed by atoms with Gasteiger partial charge in [-0.3, -0.25) is 9.78 Å². The zero-order valence-corrected chi connectivity index (χ0v) is 12.1. The summed E-state index contributed by atoms with van der Waals surface area (Å²) in [4.78, 5) is 15.9. The van der Waals surface area contributed by atoms with Crippen molar-refractivity contribution in [3.8, 4) is 6.07 Å². The van der Waals surface area contributed by atoms with Crippen LogP contribution in [-0.2, 0) is 6.42 Å². The molecule has 5 heteroatoms. The van der Waals surface area contributed by atoms with Gasteiger partial charge in [0.1, 0.15) is 0 Å². The molecule has 19 heavy (non-hydrogen) atoms. The van der Waals surface area contributed by atoms with Crippen LogP contribution in [0.4, 0.5) is 5.69 Å². The standard InChI is InChI=1S/C14H10IN3O/c15-12-1-2-13(11(9-12)3-6-16)18-14(19)10-4-7-17-8-5-10/h1-2,4-5,7-9H,3H2,(H,18,19). The number of anilines is 1. The molecule has 4 nitrogen and oxygen atoms in total. The van der Waals surface area contributed by atoms with Crippen LogP contribution in [-0.4, -0.2) is 10.9 Å². The fourth-order valence-corrected chi connectivity index (χ4v) is 2.17. The Bertz CT molecular complexity index is 635. The molecule has 1 amide bonds. The van der Waals surface area contributed by atoms with Gasteiger partial charge in [-0.2, -0.15) is 5.26 Å². The van der Waals surface area contributed by atoms with E-state index < -0.39 is 0 Å². The number of hydrogen-bond donors (Lipinski definition) is 1. The summed E-state index contributed by atoms with van der Waals surface area (Å²) >= 11 is 2.18. The normalized spacial score (nSPS) is 9.68. The van der Waals surface area contributed by atoms with E-state index in [1.165, 1.54) is 0 Å². The first-order valence-corrected chi connectivity index (χ1v) is 6.65. The number of rotatable bonds is 3. The van der Waals surface area contributed by atoms with Gasteiger partial charge in [0.2, 0.25) is 0 Å². The molecular formula is C14H10IN3O. The molecule has 1 aromatic carbocycles. The third-order valence-electron chi connectivity index (χ3n) is 2.53. The summed E-state index contributed by atoms with van der Waals surface area (Å²) in [6.07, 6.45) is 3.40. The van der Waals surface area contributed by atoms with E-state index in [1.807, 2.05) is 18.2 Å². The van der Waals surface area contributed by atoms with Gasteiger partial charge in [0, 0.05) is 27.2 Å². The zero-order valence-electron chi connectivity index (χ0n) is 9.93. The maximum atomic E-state index is 12.0. The van der Waals surface area contributed by atoms with Crippen molar-refractivity contribution in [3.05, 3.63) is 57.4 Å². The summed E-state index contributed by atoms with van der Waals surface area (Å²) < 4.78 is 1.03. The minimum absolute atomic E-state index is 0.206. The van der Waals surface area contributed by atoms with Crippen molar-refractivity contribution in [2.75, 3.05) is 5.32 Å². The fraction of sp³-hybridized carbons (Fsp3) is 0.0714. The highest BCUT2D eigenvalue weighted by molar-refractivity contribution is 14.1. The third kappa shape index (κ3) is 3.51. The number of halogens is 1. The summed E-state index contributed by atoms with van der Waals surface area (Å²) in [6, 6.07) is 11.0. The van der Waals surface area contributed by atoms with Gasteiger partial charge >= 0.3 is 0 Å². The number of carbonyl (C=O) groups excluding carboxylic acids is 1.